The van der Waals surface area contributed by atoms with E-state index in [1.807, 2.05) is 11.8 Å². The van der Waals surface area contributed by atoms with E-state index in [1.165, 1.54) is 29.9 Å². The highest BCUT2D eigenvalue weighted by molar-refractivity contribution is 7.99. The minimum Gasteiger partial charge on any atom is -0.313 e. The Morgan fingerprint density at radius 2 is 2.12 bits per heavy atom. The monoisotopic (exact) mass is 249 g/mol. The van der Waals surface area contributed by atoms with Crippen molar-refractivity contribution in [2.24, 2.45) is 0 Å². The fourth-order valence-electron chi connectivity index (χ4n) is 2.61. The van der Waals surface area contributed by atoms with Crippen molar-refractivity contribution in [2.45, 2.75) is 50.0 Å². The Morgan fingerprint density at radius 1 is 1.29 bits per heavy atom. The molecule has 1 N–H and O–H groups in total. The molecule has 0 saturated carbocycles. The van der Waals surface area contributed by atoms with Crippen LogP contribution in [-0.4, -0.2) is 18.3 Å². The van der Waals surface area contributed by atoms with Crippen molar-refractivity contribution >= 4 is 11.8 Å². The van der Waals surface area contributed by atoms with E-state index >= 15 is 0 Å². The van der Waals surface area contributed by atoms with E-state index in [-0.39, 0.29) is 0 Å². The maximum atomic E-state index is 3.74. The third-order valence-electron chi connectivity index (χ3n) is 3.48. The van der Waals surface area contributed by atoms with Crippen LogP contribution >= 0.6 is 11.8 Å². The molecule has 1 heterocycles. The van der Waals surface area contributed by atoms with Gasteiger partial charge in [0.05, 0.1) is 0 Å². The number of hydrogen-bond donors (Lipinski definition) is 1. The number of rotatable bonds is 6. The summed E-state index contributed by atoms with van der Waals surface area (Å²) in [6, 6.07) is 9.58. The molecule has 2 atom stereocenters. The lowest BCUT2D eigenvalue weighted by Crippen LogP contribution is -2.35. The summed E-state index contributed by atoms with van der Waals surface area (Å²) in [5, 5.41) is 3.74. The van der Waals surface area contributed by atoms with E-state index in [1.54, 1.807) is 5.56 Å². The first-order valence-electron chi connectivity index (χ1n) is 6.82. The Kier molecular flexibility index (Phi) is 4.93. The summed E-state index contributed by atoms with van der Waals surface area (Å²) in [5.74, 6) is 1.96. The molecule has 94 valence electrons. The van der Waals surface area contributed by atoms with Gasteiger partial charge in [-0.15, -0.1) is 11.8 Å². The molecule has 17 heavy (non-hydrogen) atoms. The van der Waals surface area contributed by atoms with Crippen LogP contribution in [0.3, 0.4) is 0 Å². The predicted molar refractivity (Wildman–Crippen MR) is 76.9 cm³/mol. The fraction of sp³-hybridized carbons (Fsp3) is 0.600. The molecule has 2 unspecified atom stereocenters. The number of hydrogen-bond acceptors (Lipinski definition) is 2. The number of nitrogens with one attached hydrogen (secondary N) is 1. The maximum Gasteiger partial charge on any atom is 0.0144 e. The molecule has 1 aromatic rings. The molecular formula is C15H23NS. The second-order valence-electron chi connectivity index (χ2n) is 4.80. The molecule has 2 rings (SSSR count). The molecule has 0 aliphatic carbocycles. The maximum absolute atomic E-state index is 3.74. The summed E-state index contributed by atoms with van der Waals surface area (Å²) in [6.07, 6.45) is 3.78. The highest BCUT2D eigenvalue weighted by Gasteiger charge is 2.29. The molecule has 1 aliphatic heterocycles. The summed E-state index contributed by atoms with van der Waals surface area (Å²) >= 11 is 2.02. The van der Waals surface area contributed by atoms with Gasteiger partial charge in [0, 0.05) is 22.6 Å². The Bertz CT molecular complexity index is 351. The number of fused-ring (bicyclic) bond motifs is 1. The van der Waals surface area contributed by atoms with Crippen LogP contribution in [-0.2, 0) is 0 Å². The van der Waals surface area contributed by atoms with Gasteiger partial charge in [-0.1, -0.05) is 38.5 Å². The summed E-state index contributed by atoms with van der Waals surface area (Å²) in [4.78, 5) is 1.50. The molecule has 0 spiro atoms. The van der Waals surface area contributed by atoms with Crippen LogP contribution in [0.5, 0.6) is 0 Å². The third kappa shape index (κ3) is 3.05. The van der Waals surface area contributed by atoms with Crippen LogP contribution in [0.25, 0.3) is 0 Å². The molecule has 0 aromatic heterocycles. The lowest BCUT2D eigenvalue weighted by molar-refractivity contribution is 0.425. The normalized spacial score (nSPS) is 20.2. The first kappa shape index (κ1) is 13.0. The Labute approximate surface area is 109 Å². The predicted octanol–water partition coefficient (Wildman–Crippen LogP) is 4.04. The molecule has 0 bridgehead atoms. The largest absolute Gasteiger partial charge is 0.313 e. The van der Waals surface area contributed by atoms with Crippen LogP contribution in [0.1, 0.15) is 44.6 Å². The lowest BCUT2D eigenvalue weighted by atomic mass is 9.90. The summed E-state index contributed by atoms with van der Waals surface area (Å²) in [7, 11) is 0. The van der Waals surface area contributed by atoms with E-state index in [9.17, 15) is 0 Å². The van der Waals surface area contributed by atoms with Crippen LogP contribution in [0.15, 0.2) is 29.2 Å². The molecule has 1 aromatic carbocycles. The standard InChI is InChI=1S/C15H23NS/c1-3-7-14(16-10-4-2)13-11-17-15-9-6-5-8-12(13)15/h5-6,8-9,13-14,16H,3-4,7,10-11H2,1-2H3. The van der Waals surface area contributed by atoms with Gasteiger partial charge < -0.3 is 5.32 Å². The van der Waals surface area contributed by atoms with Crippen molar-refractivity contribution in [1.82, 2.24) is 5.32 Å². The van der Waals surface area contributed by atoms with Crippen LogP contribution in [0.2, 0.25) is 0 Å². The first-order chi connectivity index (χ1) is 8.36. The van der Waals surface area contributed by atoms with Crippen molar-refractivity contribution in [3.63, 3.8) is 0 Å². The van der Waals surface area contributed by atoms with Gasteiger partial charge in [0.25, 0.3) is 0 Å². The van der Waals surface area contributed by atoms with Crippen molar-refractivity contribution in [3.8, 4) is 0 Å². The fourth-order valence-corrected chi connectivity index (χ4v) is 3.94. The van der Waals surface area contributed by atoms with E-state index in [0.717, 1.165) is 6.54 Å². The molecule has 0 amide bonds. The molecule has 1 aliphatic rings. The topological polar surface area (TPSA) is 12.0 Å². The lowest BCUT2D eigenvalue weighted by Gasteiger charge is -2.24. The molecular weight excluding hydrogens is 226 g/mol. The average Bonchev–Trinajstić information content (AvgIpc) is 2.78. The SMILES string of the molecule is CCCNC(CCC)C1CSc2ccccc21. The highest BCUT2D eigenvalue weighted by Crippen LogP contribution is 2.41. The summed E-state index contributed by atoms with van der Waals surface area (Å²) in [5.41, 5.74) is 1.57. The quantitative estimate of drug-likeness (QED) is 0.816. The molecule has 1 nitrogen and oxygen atoms in total. The summed E-state index contributed by atoms with van der Waals surface area (Å²) < 4.78 is 0. The van der Waals surface area contributed by atoms with Crippen LogP contribution < -0.4 is 5.32 Å². The van der Waals surface area contributed by atoms with Gasteiger partial charge in [-0.05, 0) is 31.0 Å². The van der Waals surface area contributed by atoms with Crippen LogP contribution in [0.4, 0.5) is 0 Å². The zero-order valence-corrected chi connectivity index (χ0v) is 11.7. The van der Waals surface area contributed by atoms with Crippen molar-refractivity contribution in [3.05, 3.63) is 29.8 Å². The molecule has 0 fully saturated rings. The second-order valence-corrected chi connectivity index (χ2v) is 5.87. The Morgan fingerprint density at radius 3 is 2.88 bits per heavy atom. The zero-order valence-electron chi connectivity index (χ0n) is 10.9. The van der Waals surface area contributed by atoms with Crippen molar-refractivity contribution in [1.29, 1.82) is 0 Å². The zero-order chi connectivity index (χ0) is 12.1. The van der Waals surface area contributed by atoms with Gasteiger partial charge in [0.15, 0.2) is 0 Å². The van der Waals surface area contributed by atoms with Gasteiger partial charge in [-0.3, -0.25) is 0 Å². The van der Waals surface area contributed by atoms with Gasteiger partial charge in [-0.2, -0.15) is 0 Å². The minimum atomic E-state index is 0.663. The van der Waals surface area contributed by atoms with Crippen LogP contribution in [0, 0.1) is 0 Å². The highest BCUT2D eigenvalue weighted by atomic mass is 32.2. The summed E-state index contributed by atoms with van der Waals surface area (Å²) in [6.45, 7) is 5.68. The Balaban J connectivity index is 2.09. The molecule has 2 heteroatoms. The minimum absolute atomic E-state index is 0.663. The first-order valence-corrected chi connectivity index (χ1v) is 7.80. The van der Waals surface area contributed by atoms with E-state index in [0.29, 0.717) is 12.0 Å². The van der Waals surface area contributed by atoms with Gasteiger partial charge in [-0.25, -0.2) is 0 Å². The number of thioether (sulfide) groups is 1. The number of benzene rings is 1. The Hall–Kier alpha value is -0.470. The molecule has 0 radical (unpaired) electrons. The van der Waals surface area contributed by atoms with E-state index in [4.69, 9.17) is 0 Å². The van der Waals surface area contributed by atoms with E-state index < -0.39 is 0 Å². The third-order valence-corrected chi connectivity index (χ3v) is 4.69. The average molecular weight is 249 g/mol. The van der Waals surface area contributed by atoms with E-state index in [2.05, 4.69) is 43.4 Å². The van der Waals surface area contributed by atoms with Crippen molar-refractivity contribution in [2.75, 3.05) is 12.3 Å². The van der Waals surface area contributed by atoms with Gasteiger partial charge in [0.1, 0.15) is 0 Å². The van der Waals surface area contributed by atoms with Crippen molar-refractivity contribution < 1.29 is 0 Å². The van der Waals surface area contributed by atoms with Gasteiger partial charge in [0.2, 0.25) is 0 Å². The second kappa shape index (κ2) is 6.46. The molecule has 0 saturated heterocycles. The smallest absolute Gasteiger partial charge is 0.0144 e. The van der Waals surface area contributed by atoms with Gasteiger partial charge >= 0.3 is 0 Å².